The minimum atomic E-state index is -0.175. The molecule has 0 fully saturated rings. The second kappa shape index (κ2) is 13.3. The summed E-state index contributed by atoms with van der Waals surface area (Å²) in [6.07, 6.45) is 0. The Morgan fingerprint density at radius 1 is 0.559 bits per heavy atom. The molecule has 0 atom stereocenters. The summed E-state index contributed by atoms with van der Waals surface area (Å²) in [6, 6.07) is 10.4. The Bertz CT molecular complexity index is 890. The lowest BCUT2D eigenvalue weighted by Gasteiger charge is -2.16. The van der Waals surface area contributed by atoms with E-state index in [-0.39, 0.29) is 25.0 Å². The highest BCUT2D eigenvalue weighted by atomic mass is 16.6. The molecule has 2 amide bonds. The molecule has 34 heavy (non-hydrogen) atoms. The van der Waals surface area contributed by atoms with Crippen molar-refractivity contribution in [3.8, 4) is 23.0 Å². The van der Waals surface area contributed by atoms with Gasteiger partial charge in [-0.1, -0.05) is 0 Å². The molecule has 0 spiro atoms. The van der Waals surface area contributed by atoms with Crippen LogP contribution in [-0.4, -0.2) is 64.7 Å². The maximum absolute atomic E-state index is 11.4. The van der Waals surface area contributed by atoms with Crippen LogP contribution in [0.15, 0.2) is 36.4 Å². The average Bonchev–Trinajstić information content (AvgIpc) is 2.78. The fraction of sp³-hybridized carbons (Fsp3) is 0.417. The van der Waals surface area contributed by atoms with Crippen molar-refractivity contribution < 1.29 is 38.0 Å². The third-order valence-electron chi connectivity index (χ3n) is 4.47. The Morgan fingerprint density at radius 3 is 1.26 bits per heavy atom. The van der Waals surface area contributed by atoms with Gasteiger partial charge in [0.15, 0.2) is 23.0 Å². The lowest BCUT2D eigenvalue weighted by atomic mass is 10.2. The Kier molecular flexibility index (Phi) is 9.80. The molecule has 2 N–H and O–H groups in total. The van der Waals surface area contributed by atoms with Crippen LogP contribution in [0, 0.1) is 0 Å². The lowest BCUT2D eigenvalue weighted by molar-refractivity contribution is -0.115. The SMILES string of the molecule is CC(=O)Nc1ccc2c(c1)OCCOCCOc1cc(NC(C)=O)ccc1OCCOCCO2. The number of benzene rings is 2. The number of ether oxygens (including phenoxy) is 6. The minimum absolute atomic E-state index is 0.175. The molecule has 0 aromatic heterocycles. The Balaban J connectivity index is 1.63. The van der Waals surface area contributed by atoms with Gasteiger partial charge in [0, 0.05) is 37.4 Å². The fourth-order valence-electron chi connectivity index (χ4n) is 3.09. The minimum Gasteiger partial charge on any atom is -0.487 e. The zero-order valence-corrected chi connectivity index (χ0v) is 19.4. The summed E-state index contributed by atoms with van der Waals surface area (Å²) >= 11 is 0. The molecule has 1 aliphatic rings. The van der Waals surface area contributed by atoms with Crippen molar-refractivity contribution in [1.82, 2.24) is 0 Å². The molecule has 0 aliphatic carbocycles. The summed E-state index contributed by atoms with van der Waals surface area (Å²) in [4.78, 5) is 22.7. The highest BCUT2D eigenvalue weighted by Crippen LogP contribution is 2.32. The molecule has 0 radical (unpaired) electrons. The van der Waals surface area contributed by atoms with Crippen LogP contribution >= 0.6 is 0 Å². The lowest BCUT2D eigenvalue weighted by Crippen LogP contribution is -2.16. The van der Waals surface area contributed by atoms with Gasteiger partial charge in [-0.15, -0.1) is 0 Å². The van der Waals surface area contributed by atoms with E-state index in [1.807, 2.05) is 0 Å². The van der Waals surface area contributed by atoms with Crippen LogP contribution in [-0.2, 0) is 19.1 Å². The zero-order valence-electron chi connectivity index (χ0n) is 19.4. The van der Waals surface area contributed by atoms with E-state index < -0.39 is 0 Å². The van der Waals surface area contributed by atoms with E-state index in [2.05, 4.69) is 10.6 Å². The molecule has 10 heteroatoms. The number of nitrogens with one attached hydrogen (secondary N) is 2. The Labute approximate surface area is 198 Å². The Morgan fingerprint density at radius 2 is 0.912 bits per heavy atom. The molecule has 2 aromatic rings. The molecule has 0 bridgehead atoms. The van der Waals surface area contributed by atoms with Crippen molar-refractivity contribution >= 4 is 23.2 Å². The van der Waals surface area contributed by atoms with Crippen molar-refractivity contribution in [2.24, 2.45) is 0 Å². The van der Waals surface area contributed by atoms with E-state index in [1.54, 1.807) is 36.4 Å². The van der Waals surface area contributed by atoms with Gasteiger partial charge in [0.2, 0.25) is 11.8 Å². The first-order valence-electron chi connectivity index (χ1n) is 11.0. The predicted octanol–water partition coefficient (Wildman–Crippen LogP) is 2.87. The third kappa shape index (κ3) is 8.45. The van der Waals surface area contributed by atoms with Crippen LogP contribution in [0.5, 0.6) is 23.0 Å². The maximum atomic E-state index is 11.4. The third-order valence-corrected chi connectivity index (χ3v) is 4.47. The van der Waals surface area contributed by atoms with Gasteiger partial charge in [0.05, 0.1) is 26.4 Å². The number of anilines is 2. The standard InChI is InChI=1S/C24H30N2O8/c1-17(27)25-19-3-5-21-23(15-19)33-13-9-30-10-14-34-24-16-20(26-18(2)28)4-6-22(24)32-12-8-29-7-11-31-21/h3-6,15-16H,7-14H2,1-2H3,(H,25,27)(H,26,28). The summed E-state index contributed by atoms with van der Waals surface area (Å²) in [7, 11) is 0. The Hall–Kier alpha value is -3.50. The van der Waals surface area contributed by atoms with Crippen molar-refractivity contribution in [2.45, 2.75) is 13.8 Å². The van der Waals surface area contributed by atoms with Crippen LogP contribution < -0.4 is 29.6 Å². The number of amides is 2. The number of carbonyl (C=O) groups is 2. The van der Waals surface area contributed by atoms with Gasteiger partial charge in [-0.05, 0) is 24.3 Å². The summed E-state index contributed by atoms with van der Waals surface area (Å²) in [5, 5.41) is 5.45. The van der Waals surface area contributed by atoms with Crippen LogP contribution in [0.25, 0.3) is 0 Å². The first kappa shape index (κ1) is 25.1. The smallest absolute Gasteiger partial charge is 0.221 e. The van der Waals surface area contributed by atoms with E-state index in [9.17, 15) is 9.59 Å². The largest absolute Gasteiger partial charge is 0.487 e. The predicted molar refractivity (Wildman–Crippen MR) is 125 cm³/mol. The molecular weight excluding hydrogens is 444 g/mol. The summed E-state index contributed by atoms with van der Waals surface area (Å²) in [5.41, 5.74) is 1.22. The van der Waals surface area contributed by atoms with Crippen molar-refractivity contribution in [1.29, 1.82) is 0 Å². The normalized spacial score (nSPS) is 15.4. The topological polar surface area (TPSA) is 114 Å². The number of rotatable bonds is 2. The first-order chi connectivity index (χ1) is 16.5. The van der Waals surface area contributed by atoms with E-state index in [4.69, 9.17) is 28.4 Å². The molecule has 0 unspecified atom stereocenters. The summed E-state index contributed by atoms with van der Waals surface area (Å²) in [6.45, 7) is 5.42. The van der Waals surface area contributed by atoms with Crippen molar-refractivity contribution in [3.05, 3.63) is 36.4 Å². The van der Waals surface area contributed by atoms with Crippen LogP contribution in [0.2, 0.25) is 0 Å². The van der Waals surface area contributed by atoms with Crippen molar-refractivity contribution in [3.63, 3.8) is 0 Å². The molecule has 0 saturated carbocycles. The molecule has 1 aliphatic heterocycles. The number of carbonyl (C=O) groups excluding carboxylic acids is 2. The first-order valence-corrected chi connectivity index (χ1v) is 11.0. The van der Waals surface area contributed by atoms with Gasteiger partial charge in [0.1, 0.15) is 26.4 Å². The number of hydrogen-bond donors (Lipinski definition) is 2. The van der Waals surface area contributed by atoms with Crippen LogP contribution in [0.3, 0.4) is 0 Å². The average molecular weight is 475 g/mol. The van der Waals surface area contributed by atoms with Gasteiger partial charge in [-0.2, -0.15) is 0 Å². The molecule has 10 nitrogen and oxygen atoms in total. The van der Waals surface area contributed by atoms with Crippen LogP contribution in [0.4, 0.5) is 11.4 Å². The monoisotopic (exact) mass is 474 g/mol. The highest BCUT2D eigenvalue weighted by Gasteiger charge is 2.11. The number of fused-ring (bicyclic) bond motifs is 2. The fourth-order valence-corrected chi connectivity index (χ4v) is 3.09. The van der Waals surface area contributed by atoms with E-state index in [0.29, 0.717) is 74.0 Å². The van der Waals surface area contributed by atoms with Gasteiger partial charge in [-0.25, -0.2) is 0 Å². The van der Waals surface area contributed by atoms with Gasteiger partial charge >= 0.3 is 0 Å². The summed E-state index contributed by atoms with van der Waals surface area (Å²) in [5.74, 6) is 1.73. The van der Waals surface area contributed by atoms with Gasteiger partial charge in [-0.3, -0.25) is 9.59 Å². The van der Waals surface area contributed by atoms with E-state index in [0.717, 1.165) is 0 Å². The molecule has 184 valence electrons. The maximum Gasteiger partial charge on any atom is 0.221 e. The van der Waals surface area contributed by atoms with E-state index >= 15 is 0 Å². The number of hydrogen-bond acceptors (Lipinski definition) is 8. The zero-order chi connectivity index (χ0) is 24.2. The van der Waals surface area contributed by atoms with Gasteiger partial charge < -0.3 is 39.1 Å². The quantitative estimate of drug-likeness (QED) is 0.683. The summed E-state index contributed by atoms with van der Waals surface area (Å²) < 4.78 is 34.4. The second-order valence-corrected chi connectivity index (χ2v) is 7.30. The molecule has 2 aromatic carbocycles. The van der Waals surface area contributed by atoms with Gasteiger partial charge in [0.25, 0.3) is 0 Å². The van der Waals surface area contributed by atoms with E-state index in [1.165, 1.54) is 13.8 Å². The second-order valence-electron chi connectivity index (χ2n) is 7.30. The van der Waals surface area contributed by atoms with Crippen molar-refractivity contribution in [2.75, 3.05) is 63.5 Å². The highest BCUT2D eigenvalue weighted by molar-refractivity contribution is 5.89. The molecular formula is C24H30N2O8. The molecule has 3 rings (SSSR count). The molecule has 0 saturated heterocycles. The molecule has 1 heterocycles. The van der Waals surface area contributed by atoms with Crippen LogP contribution in [0.1, 0.15) is 13.8 Å².